The Morgan fingerprint density at radius 2 is 1.82 bits per heavy atom. The Kier molecular flexibility index (Phi) is 8.00. The molecule has 1 aliphatic rings. The van der Waals surface area contributed by atoms with E-state index >= 15 is 0 Å². The van der Waals surface area contributed by atoms with E-state index in [9.17, 15) is 20.4 Å². The number of nitrogens with one attached hydrogen (secondary N) is 1. The van der Waals surface area contributed by atoms with Crippen LogP contribution in [0.2, 0.25) is 0 Å². The van der Waals surface area contributed by atoms with Crippen molar-refractivity contribution in [2.75, 3.05) is 13.2 Å². The molecule has 1 rings (SSSR count). The smallest absolute Gasteiger partial charge is 0.111 e. The summed E-state index contributed by atoms with van der Waals surface area (Å²) in [4.78, 5) is 0. The van der Waals surface area contributed by atoms with Gasteiger partial charge < -0.3 is 25.7 Å². The Balaban J connectivity index is 2.52. The molecule has 4 atom stereocenters. The Hall–Kier alpha value is -0.980. The van der Waals surface area contributed by atoms with Crippen LogP contribution >= 0.6 is 0 Å². The van der Waals surface area contributed by atoms with Gasteiger partial charge >= 0.3 is 0 Å². The van der Waals surface area contributed by atoms with Crippen LogP contribution in [0.1, 0.15) is 33.6 Å². The van der Waals surface area contributed by atoms with Gasteiger partial charge in [-0.2, -0.15) is 0 Å². The second kappa shape index (κ2) is 9.22. The molecule has 0 radical (unpaired) electrons. The Morgan fingerprint density at radius 1 is 1.14 bits per heavy atom. The van der Waals surface area contributed by atoms with Gasteiger partial charge in [0, 0.05) is 6.54 Å². The van der Waals surface area contributed by atoms with E-state index in [1.807, 2.05) is 0 Å². The second-order valence-corrected chi connectivity index (χ2v) is 6.13. The van der Waals surface area contributed by atoms with Gasteiger partial charge in [0.1, 0.15) is 18.3 Å². The molecule has 1 aliphatic carbocycles. The van der Waals surface area contributed by atoms with Gasteiger partial charge in [0.25, 0.3) is 0 Å². The number of hydrogen-bond acceptors (Lipinski definition) is 5. The molecular formula is C17H29NO4. The fourth-order valence-electron chi connectivity index (χ4n) is 2.43. The molecule has 0 spiro atoms. The molecule has 22 heavy (non-hydrogen) atoms. The standard InChI is InChI=1S/C17H29NO4/c1-11(2)5-4-6-12(3)7-8-18-14-9-13(10-19)15(20)17(22)16(14)21/h5,7,9,14-22H,4,6,8,10H2,1-3H3/b12-7+/t14-,15+,16-,17?/m0/s1. The van der Waals surface area contributed by atoms with Crippen molar-refractivity contribution in [2.24, 2.45) is 0 Å². The van der Waals surface area contributed by atoms with Crippen molar-refractivity contribution in [1.82, 2.24) is 5.32 Å². The Bertz CT molecular complexity index is 438. The summed E-state index contributed by atoms with van der Waals surface area (Å²) in [5.74, 6) is 0. The molecule has 5 nitrogen and oxygen atoms in total. The van der Waals surface area contributed by atoms with E-state index in [-0.39, 0.29) is 6.61 Å². The first-order chi connectivity index (χ1) is 10.4. The van der Waals surface area contributed by atoms with Gasteiger partial charge in [-0.05, 0) is 39.2 Å². The van der Waals surface area contributed by atoms with E-state index in [0.717, 1.165) is 12.8 Å². The van der Waals surface area contributed by atoms with Gasteiger partial charge in [-0.25, -0.2) is 0 Å². The van der Waals surface area contributed by atoms with Crippen LogP contribution in [0.25, 0.3) is 0 Å². The molecule has 5 N–H and O–H groups in total. The fraction of sp³-hybridized carbons (Fsp3) is 0.647. The summed E-state index contributed by atoms with van der Waals surface area (Å²) in [6.45, 7) is 6.44. The predicted octanol–water partition coefficient (Wildman–Crippen LogP) is 0.652. The number of rotatable bonds is 7. The highest BCUT2D eigenvalue weighted by molar-refractivity contribution is 5.22. The van der Waals surface area contributed by atoms with Crippen LogP contribution in [0.4, 0.5) is 0 Å². The number of allylic oxidation sites excluding steroid dienone is 3. The molecule has 0 heterocycles. The van der Waals surface area contributed by atoms with Gasteiger partial charge in [-0.1, -0.05) is 29.4 Å². The SMILES string of the molecule is CC(C)=CCC/C(C)=C/CN[C@H]1C=C(CO)[C@@H](O)C(O)[C@H]1O. The minimum Gasteiger partial charge on any atom is -0.392 e. The highest BCUT2D eigenvalue weighted by Gasteiger charge is 2.36. The van der Waals surface area contributed by atoms with Crippen molar-refractivity contribution in [3.05, 3.63) is 34.9 Å². The first-order valence-electron chi connectivity index (χ1n) is 7.74. The average Bonchev–Trinajstić information content (AvgIpc) is 2.47. The summed E-state index contributed by atoms with van der Waals surface area (Å²) < 4.78 is 0. The fourth-order valence-corrected chi connectivity index (χ4v) is 2.43. The maximum absolute atomic E-state index is 9.96. The first-order valence-corrected chi connectivity index (χ1v) is 7.74. The van der Waals surface area contributed by atoms with Gasteiger partial charge in [0.15, 0.2) is 0 Å². The third-order valence-corrected chi connectivity index (χ3v) is 3.89. The van der Waals surface area contributed by atoms with E-state index in [1.165, 1.54) is 11.1 Å². The summed E-state index contributed by atoms with van der Waals surface area (Å²) in [6, 6.07) is -0.484. The predicted molar refractivity (Wildman–Crippen MR) is 87.4 cm³/mol. The van der Waals surface area contributed by atoms with E-state index < -0.39 is 24.4 Å². The minimum absolute atomic E-state index is 0.333. The van der Waals surface area contributed by atoms with Crippen LogP contribution in [-0.4, -0.2) is 57.9 Å². The molecule has 0 aromatic carbocycles. The Labute approximate surface area is 132 Å². The van der Waals surface area contributed by atoms with E-state index in [2.05, 4.69) is 38.2 Å². The van der Waals surface area contributed by atoms with Crippen LogP contribution in [0, 0.1) is 0 Å². The minimum atomic E-state index is -1.28. The Morgan fingerprint density at radius 3 is 2.41 bits per heavy atom. The summed E-state index contributed by atoms with van der Waals surface area (Å²) in [7, 11) is 0. The van der Waals surface area contributed by atoms with E-state index in [1.54, 1.807) is 6.08 Å². The molecule has 0 amide bonds. The molecule has 5 heteroatoms. The summed E-state index contributed by atoms with van der Waals surface area (Å²) in [5, 5.41) is 41.7. The highest BCUT2D eigenvalue weighted by atomic mass is 16.4. The lowest BCUT2D eigenvalue weighted by Crippen LogP contribution is -2.54. The normalized spacial score (nSPS) is 29.2. The van der Waals surface area contributed by atoms with Crippen LogP contribution in [-0.2, 0) is 0 Å². The van der Waals surface area contributed by atoms with Crippen LogP contribution in [0.15, 0.2) is 34.9 Å². The lowest BCUT2D eigenvalue weighted by Gasteiger charge is -2.34. The summed E-state index contributed by atoms with van der Waals surface area (Å²) in [5.41, 5.74) is 2.90. The van der Waals surface area contributed by atoms with Gasteiger partial charge in [0.2, 0.25) is 0 Å². The number of hydrogen-bond donors (Lipinski definition) is 5. The molecular weight excluding hydrogens is 282 g/mol. The number of aliphatic hydroxyl groups excluding tert-OH is 4. The molecule has 0 bridgehead atoms. The van der Waals surface area contributed by atoms with E-state index in [4.69, 9.17) is 0 Å². The van der Waals surface area contributed by atoms with E-state index in [0.29, 0.717) is 12.1 Å². The van der Waals surface area contributed by atoms with Gasteiger partial charge in [0.05, 0.1) is 12.6 Å². The van der Waals surface area contributed by atoms with Crippen LogP contribution in [0.3, 0.4) is 0 Å². The molecule has 0 saturated carbocycles. The van der Waals surface area contributed by atoms with Crippen molar-refractivity contribution in [3.8, 4) is 0 Å². The zero-order valence-electron chi connectivity index (χ0n) is 13.7. The second-order valence-electron chi connectivity index (χ2n) is 6.13. The molecule has 0 saturated heterocycles. The zero-order chi connectivity index (χ0) is 16.7. The lowest BCUT2D eigenvalue weighted by atomic mass is 9.88. The topological polar surface area (TPSA) is 93.0 Å². The maximum atomic E-state index is 9.96. The first kappa shape index (κ1) is 19.1. The quantitative estimate of drug-likeness (QED) is 0.445. The molecule has 0 aliphatic heterocycles. The van der Waals surface area contributed by atoms with Gasteiger partial charge in [-0.3, -0.25) is 0 Å². The monoisotopic (exact) mass is 311 g/mol. The van der Waals surface area contributed by atoms with Crippen molar-refractivity contribution in [2.45, 2.75) is 58.0 Å². The highest BCUT2D eigenvalue weighted by Crippen LogP contribution is 2.20. The molecule has 126 valence electrons. The lowest BCUT2D eigenvalue weighted by molar-refractivity contribution is -0.0637. The summed E-state index contributed by atoms with van der Waals surface area (Å²) in [6.07, 6.45) is 4.25. The molecule has 1 unspecified atom stereocenters. The zero-order valence-corrected chi connectivity index (χ0v) is 13.7. The van der Waals surface area contributed by atoms with Crippen molar-refractivity contribution >= 4 is 0 Å². The van der Waals surface area contributed by atoms with Crippen LogP contribution < -0.4 is 5.32 Å². The van der Waals surface area contributed by atoms with Crippen molar-refractivity contribution < 1.29 is 20.4 Å². The van der Waals surface area contributed by atoms with Gasteiger partial charge in [-0.15, -0.1) is 0 Å². The molecule has 0 fully saturated rings. The third-order valence-electron chi connectivity index (χ3n) is 3.89. The summed E-state index contributed by atoms with van der Waals surface area (Å²) >= 11 is 0. The molecule has 0 aromatic heterocycles. The largest absolute Gasteiger partial charge is 0.392 e. The maximum Gasteiger partial charge on any atom is 0.111 e. The van der Waals surface area contributed by atoms with Crippen molar-refractivity contribution in [1.29, 1.82) is 0 Å². The van der Waals surface area contributed by atoms with Crippen LogP contribution in [0.5, 0.6) is 0 Å². The number of aliphatic hydroxyl groups is 4. The average molecular weight is 311 g/mol. The third kappa shape index (κ3) is 5.66. The molecule has 0 aromatic rings. The van der Waals surface area contributed by atoms with Crippen molar-refractivity contribution in [3.63, 3.8) is 0 Å².